The van der Waals surface area contributed by atoms with Crippen molar-refractivity contribution in [3.8, 4) is 5.75 Å². The Morgan fingerprint density at radius 2 is 1.84 bits per heavy atom. The summed E-state index contributed by atoms with van der Waals surface area (Å²) in [4.78, 5) is 12.0. The maximum absolute atomic E-state index is 12.0. The molecular weight excluding hydrogens is 238 g/mol. The molecule has 0 aliphatic rings. The van der Waals surface area contributed by atoms with E-state index in [1.165, 1.54) is 0 Å². The van der Waals surface area contributed by atoms with Gasteiger partial charge in [0, 0.05) is 11.8 Å². The lowest BCUT2D eigenvalue weighted by Crippen LogP contribution is -2.23. The van der Waals surface area contributed by atoms with E-state index < -0.39 is 0 Å². The predicted octanol–water partition coefficient (Wildman–Crippen LogP) is 2.94. The lowest BCUT2D eigenvalue weighted by Gasteiger charge is -2.12. The Kier molecular flexibility index (Phi) is 4.39. The first kappa shape index (κ1) is 13.4. The molecule has 2 rings (SSSR count). The molecule has 0 saturated heterocycles. The first-order valence-corrected chi connectivity index (χ1v) is 6.67. The zero-order chi connectivity index (χ0) is 13.7. The van der Waals surface area contributed by atoms with Gasteiger partial charge in [0.25, 0.3) is 5.56 Å². The maximum atomic E-state index is 12.0. The van der Waals surface area contributed by atoms with Crippen molar-refractivity contribution < 1.29 is 5.11 Å². The molecule has 100 valence electrons. The molecule has 0 radical (unpaired) electrons. The maximum Gasteiger partial charge on any atom is 0.251 e. The fraction of sp³-hybridized carbons (Fsp3) is 0.312. The van der Waals surface area contributed by atoms with Gasteiger partial charge in [0.2, 0.25) is 0 Å². The summed E-state index contributed by atoms with van der Waals surface area (Å²) < 4.78 is 1.81. The number of benzene rings is 1. The highest BCUT2D eigenvalue weighted by Gasteiger charge is 2.04. The Hall–Kier alpha value is -2.03. The molecule has 0 unspecified atom stereocenters. The van der Waals surface area contributed by atoms with Crippen LogP contribution in [-0.2, 0) is 13.0 Å². The summed E-state index contributed by atoms with van der Waals surface area (Å²) in [5, 5.41) is 9.28. The van der Waals surface area contributed by atoms with Crippen LogP contribution in [0.3, 0.4) is 0 Å². The van der Waals surface area contributed by atoms with Gasteiger partial charge in [0.1, 0.15) is 5.75 Å². The van der Waals surface area contributed by atoms with Gasteiger partial charge < -0.3 is 9.67 Å². The van der Waals surface area contributed by atoms with Gasteiger partial charge >= 0.3 is 0 Å². The summed E-state index contributed by atoms with van der Waals surface area (Å²) >= 11 is 0. The van der Waals surface area contributed by atoms with Gasteiger partial charge in [-0.05, 0) is 36.6 Å². The third-order valence-corrected chi connectivity index (χ3v) is 3.20. The number of phenols is 1. The van der Waals surface area contributed by atoms with Crippen molar-refractivity contribution in [2.24, 2.45) is 0 Å². The van der Waals surface area contributed by atoms with Crippen molar-refractivity contribution in [2.75, 3.05) is 0 Å². The molecule has 1 aromatic carbocycles. The summed E-state index contributed by atoms with van der Waals surface area (Å²) in [6, 6.07) is 12.4. The number of pyridine rings is 1. The van der Waals surface area contributed by atoms with E-state index in [2.05, 4.69) is 6.92 Å². The van der Waals surface area contributed by atoms with Crippen molar-refractivity contribution in [1.82, 2.24) is 4.57 Å². The van der Waals surface area contributed by atoms with E-state index in [9.17, 15) is 9.90 Å². The van der Waals surface area contributed by atoms with Gasteiger partial charge in [-0.15, -0.1) is 0 Å². The number of aromatic nitrogens is 1. The van der Waals surface area contributed by atoms with Crippen LogP contribution in [0, 0.1) is 0 Å². The van der Waals surface area contributed by atoms with Crippen LogP contribution >= 0.6 is 0 Å². The summed E-state index contributed by atoms with van der Waals surface area (Å²) in [6.45, 7) is 2.70. The van der Waals surface area contributed by atoms with Gasteiger partial charge in [-0.3, -0.25) is 4.79 Å². The molecule has 19 heavy (non-hydrogen) atoms. The highest BCUT2D eigenvalue weighted by atomic mass is 16.3. The average molecular weight is 257 g/mol. The van der Waals surface area contributed by atoms with E-state index in [0.29, 0.717) is 6.54 Å². The summed E-state index contributed by atoms with van der Waals surface area (Å²) in [5.41, 5.74) is 2.12. The fourth-order valence-electron chi connectivity index (χ4n) is 2.10. The minimum absolute atomic E-state index is 0.0293. The molecule has 3 nitrogen and oxygen atoms in total. The van der Waals surface area contributed by atoms with Gasteiger partial charge in [-0.1, -0.05) is 31.5 Å². The molecule has 0 bridgehead atoms. The van der Waals surface area contributed by atoms with Crippen molar-refractivity contribution in [3.63, 3.8) is 0 Å². The van der Waals surface area contributed by atoms with Crippen molar-refractivity contribution in [1.29, 1.82) is 0 Å². The van der Waals surface area contributed by atoms with E-state index in [-0.39, 0.29) is 11.3 Å². The van der Waals surface area contributed by atoms with Gasteiger partial charge in [-0.2, -0.15) is 0 Å². The summed E-state index contributed by atoms with van der Waals surface area (Å²) in [6.07, 6.45) is 3.12. The molecule has 2 aromatic rings. The van der Waals surface area contributed by atoms with E-state index in [0.717, 1.165) is 30.5 Å². The van der Waals surface area contributed by atoms with Gasteiger partial charge in [0.15, 0.2) is 0 Å². The van der Waals surface area contributed by atoms with Crippen LogP contribution < -0.4 is 5.56 Å². The van der Waals surface area contributed by atoms with E-state index in [4.69, 9.17) is 0 Å². The van der Waals surface area contributed by atoms with E-state index >= 15 is 0 Å². The highest BCUT2D eigenvalue weighted by molar-refractivity contribution is 5.26. The van der Waals surface area contributed by atoms with Crippen LogP contribution in [-0.4, -0.2) is 9.67 Å². The monoisotopic (exact) mass is 257 g/mol. The molecule has 1 heterocycles. The highest BCUT2D eigenvalue weighted by Crippen LogP contribution is 2.12. The van der Waals surface area contributed by atoms with Crippen LogP contribution in [0.2, 0.25) is 0 Å². The number of unbranched alkanes of at least 4 members (excludes halogenated alkanes) is 1. The molecule has 0 aliphatic carbocycles. The predicted molar refractivity (Wildman–Crippen MR) is 76.5 cm³/mol. The lowest BCUT2D eigenvalue weighted by molar-refractivity contribution is 0.475. The number of hydrogen-bond acceptors (Lipinski definition) is 2. The Balaban J connectivity index is 2.27. The molecule has 1 aromatic heterocycles. The molecule has 0 saturated carbocycles. The number of nitrogens with zero attached hydrogens (tertiary/aromatic N) is 1. The second-order valence-electron chi connectivity index (χ2n) is 4.71. The summed E-state index contributed by atoms with van der Waals surface area (Å²) in [7, 11) is 0. The molecular formula is C16H19NO2. The topological polar surface area (TPSA) is 42.2 Å². The SMILES string of the molecule is CCCCc1cccc(=O)n1Cc1ccc(O)cc1. The Morgan fingerprint density at radius 3 is 2.53 bits per heavy atom. The molecule has 3 heteroatoms. The average Bonchev–Trinajstić information content (AvgIpc) is 2.42. The number of aromatic hydroxyl groups is 1. The van der Waals surface area contributed by atoms with Gasteiger partial charge in [-0.25, -0.2) is 0 Å². The number of rotatable bonds is 5. The molecule has 0 fully saturated rings. The van der Waals surface area contributed by atoms with Crippen molar-refractivity contribution in [2.45, 2.75) is 32.7 Å². The first-order valence-electron chi connectivity index (χ1n) is 6.67. The van der Waals surface area contributed by atoms with E-state index in [1.807, 2.05) is 28.8 Å². The minimum Gasteiger partial charge on any atom is -0.508 e. The fourth-order valence-corrected chi connectivity index (χ4v) is 2.10. The molecule has 1 N–H and O–H groups in total. The molecule has 0 atom stereocenters. The van der Waals surface area contributed by atoms with Crippen LogP contribution in [0.1, 0.15) is 31.0 Å². The molecule has 0 amide bonds. The van der Waals surface area contributed by atoms with E-state index in [1.54, 1.807) is 18.2 Å². The zero-order valence-electron chi connectivity index (χ0n) is 11.2. The third-order valence-electron chi connectivity index (χ3n) is 3.20. The number of aryl methyl sites for hydroxylation is 1. The minimum atomic E-state index is 0.0293. The smallest absolute Gasteiger partial charge is 0.251 e. The van der Waals surface area contributed by atoms with Crippen LogP contribution in [0.4, 0.5) is 0 Å². The largest absolute Gasteiger partial charge is 0.508 e. The third kappa shape index (κ3) is 3.47. The Labute approximate surface area is 113 Å². The summed E-state index contributed by atoms with van der Waals surface area (Å²) in [5.74, 6) is 0.246. The lowest BCUT2D eigenvalue weighted by atomic mass is 10.1. The second kappa shape index (κ2) is 6.23. The van der Waals surface area contributed by atoms with Crippen molar-refractivity contribution >= 4 is 0 Å². The standard InChI is InChI=1S/C16H19NO2/c1-2-3-5-14-6-4-7-16(19)17(14)12-13-8-10-15(18)11-9-13/h4,6-11,18H,2-3,5,12H2,1H3. The number of hydrogen-bond donors (Lipinski definition) is 1. The quantitative estimate of drug-likeness (QED) is 0.894. The Morgan fingerprint density at radius 1 is 1.11 bits per heavy atom. The molecule has 0 spiro atoms. The van der Waals surface area contributed by atoms with Crippen molar-refractivity contribution in [3.05, 3.63) is 64.1 Å². The normalized spacial score (nSPS) is 10.6. The van der Waals surface area contributed by atoms with Crippen LogP contribution in [0.5, 0.6) is 5.75 Å². The van der Waals surface area contributed by atoms with Crippen LogP contribution in [0.25, 0.3) is 0 Å². The number of phenolic OH excluding ortho intramolecular Hbond substituents is 1. The second-order valence-corrected chi connectivity index (χ2v) is 4.71. The van der Waals surface area contributed by atoms with Gasteiger partial charge in [0.05, 0.1) is 6.54 Å². The first-order chi connectivity index (χ1) is 9.20. The Bertz CT molecular complexity index is 584. The zero-order valence-corrected chi connectivity index (χ0v) is 11.2. The van der Waals surface area contributed by atoms with Crippen LogP contribution in [0.15, 0.2) is 47.3 Å². The molecule has 0 aliphatic heterocycles.